The van der Waals surface area contributed by atoms with Gasteiger partial charge in [-0.2, -0.15) is 0 Å². The highest BCUT2D eigenvalue weighted by Gasteiger charge is 2.39. The van der Waals surface area contributed by atoms with Crippen molar-refractivity contribution in [3.63, 3.8) is 0 Å². The van der Waals surface area contributed by atoms with Gasteiger partial charge in [0.2, 0.25) is 0 Å². The molecule has 1 atom stereocenters. The number of hydrogen-bond acceptors (Lipinski definition) is 4. The minimum atomic E-state index is 0.398. The quantitative estimate of drug-likeness (QED) is 0.793. The molecule has 0 aromatic carbocycles. The second kappa shape index (κ2) is 4.34. The van der Waals surface area contributed by atoms with Crippen molar-refractivity contribution in [2.45, 2.75) is 37.0 Å². The van der Waals surface area contributed by atoms with Crippen LogP contribution in [0.25, 0.3) is 0 Å². The van der Waals surface area contributed by atoms with E-state index in [0.717, 1.165) is 18.3 Å². The molecule has 0 amide bonds. The van der Waals surface area contributed by atoms with Crippen molar-refractivity contribution in [2.75, 3.05) is 27.2 Å². The van der Waals surface area contributed by atoms with Crippen LogP contribution in [0.1, 0.15) is 26.2 Å². The van der Waals surface area contributed by atoms with E-state index in [-0.39, 0.29) is 0 Å². The molecule has 86 valence electrons. The van der Waals surface area contributed by atoms with Crippen LogP contribution in [-0.4, -0.2) is 48.0 Å². The molecule has 0 saturated heterocycles. The minimum Gasteiger partial charge on any atom is -0.363 e. The normalized spacial score (nSPS) is 28.8. The maximum atomic E-state index is 4.49. The standard InChI is InChI=1S/C11H21N3S/c1-9-7-12-10(15-9)13-8-11(14(2)3)5-4-6-11/h9H,4-8H2,1-3H3,(H,12,13). The predicted molar refractivity (Wildman–Crippen MR) is 67.6 cm³/mol. The Morgan fingerprint density at radius 1 is 1.53 bits per heavy atom. The SMILES string of the molecule is CC1CN=C(NCC2(N(C)C)CCC2)S1. The van der Waals surface area contributed by atoms with Crippen LogP contribution in [0.5, 0.6) is 0 Å². The van der Waals surface area contributed by atoms with E-state index in [2.05, 4.69) is 36.2 Å². The Morgan fingerprint density at radius 2 is 2.27 bits per heavy atom. The highest BCUT2D eigenvalue weighted by atomic mass is 32.2. The molecule has 1 heterocycles. The molecule has 2 aliphatic rings. The zero-order valence-corrected chi connectivity index (χ0v) is 10.7. The number of aliphatic imine (C=N–C) groups is 1. The van der Waals surface area contributed by atoms with Crippen molar-refractivity contribution >= 4 is 16.9 Å². The molecule has 3 nitrogen and oxygen atoms in total. The molecule has 0 aromatic rings. The van der Waals surface area contributed by atoms with Crippen LogP contribution in [0.15, 0.2) is 4.99 Å². The first-order chi connectivity index (χ1) is 7.12. The van der Waals surface area contributed by atoms with Gasteiger partial charge in [-0.1, -0.05) is 18.7 Å². The van der Waals surface area contributed by atoms with E-state index in [1.807, 2.05) is 11.8 Å². The molecule has 1 N–H and O–H groups in total. The Balaban J connectivity index is 1.82. The first kappa shape index (κ1) is 11.3. The number of likely N-dealkylation sites (N-methyl/N-ethyl adjacent to an activating group) is 1. The number of amidine groups is 1. The Kier molecular flexibility index (Phi) is 3.26. The van der Waals surface area contributed by atoms with Crippen LogP contribution in [0, 0.1) is 0 Å². The summed E-state index contributed by atoms with van der Waals surface area (Å²) in [5, 5.41) is 5.31. The third-order valence-electron chi connectivity index (χ3n) is 3.61. The summed E-state index contributed by atoms with van der Waals surface area (Å²) in [4.78, 5) is 6.86. The fourth-order valence-corrected chi connectivity index (χ4v) is 3.02. The van der Waals surface area contributed by atoms with Gasteiger partial charge in [-0.25, -0.2) is 0 Å². The lowest BCUT2D eigenvalue weighted by atomic mass is 9.76. The lowest BCUT2D eigenvalue weighted by Gasteiger charge is -2.47. The Hall–Kier alpha value is -0.220. The summed E-state index contributed by atoms with van der Waals surface area (Å²) in [5.41, 5.74) is 0.398. The molecular weight excluding hydrogens is 206 g/mol. The third kappa shape index (κ3) is 2.31. The van der Waals surface area contributed by atoms with Crippen LogP contribution < -0.4 is 5.32 Å². The second-order valence-corrected chi connectivity index (χ2v) is 6.33. The van der Waals surface area contributed by atoms with Crippen molar-refractivity contribution in [1.29, 1.82) is 0 Å². The van der Waals surface area contributed by atoms with Gasteiger partial charge in [-0.3, -0.25) is 4.99 Å². The fraction of sp³-hybridized carbons (Fsp3) is 0.909. The van der Waals surface area contributed by atoms with Crippen molar-refractivity contribution in [3.8, 4) is 0 Å². The molecule has 1 aliphatic carbocycles. The number of nitrogens with zero attached hydrogens (tertiary/aromatic N) is 2. The lowest BCUT2D eigenvalue weighted by Crippen LogP contribution is -2.56. The van der Waals surface area contributed by atoms with Crippen LogP contribution >= 0.6 is 11.8 Å². The van der Waals surface area contributed by atoms with E-state index in [0.29, 0.717) is 10.8 Å². The molecule has 0 spiro atoms. The molecule has 1 unspecified atom stereocenters. The number of rotatable bonds is 3. The van der Waals surface area contributed by atoms with Gasteiger partial charge in [0.05, 0.1) is 6.54 Å². The van der Waals surface area contributed by atoms with Crippen LogP contribution in [0.4, 0.5) is 0 Å². The number of thioether (sulfide) groups is 1. The Labute approximate surface area is 96.7 Å². The summed E-state index contributed by atoms with van der Waals surface area (Å²) in [6, 6.07) is 0. The van der Waals surface area contributed by atoms with Gasteiger partial charge in [0.1, 0.15) is 0 Å². The molecular formula is C11H21N3S. The molecule has 1 aliphatic heterocycles. The molecule has 4 heteroatoms. The average molecular weight is 227 g/mol. The zero-order chi connectivity index (χ0) is 10.9. The van der Waals surface area contributed by atoms with E-state index >= 15 is 0 Å². The molecule has 0 radical (unpaired) electrons. The minimum absolute atomic E-state index is 0.398. The second-order valence-electron chi connectivity index (χ2n) is 4.90. The molecule has 0 bridgehead atoms. The van der Waals surface area contributed by atoms with Crippen molar-refractivity contribution < 1.29 is 0 Å². The highest BCUT2D eigenvalue weighted by molar-refractivity contribution is 8.14. The predicted octanol–water partition coefficient (Wildman–Crippen LogP) is 1.55. The van der Waals surface area contributed by atoms with Crippen molar-refractivity contribution in [2.24, 2.45) is 4.99 Å². The maximum absolute atomic E-state index is 4.49. The summed E-state index contributed by atoms with van der Waals surface area (Å²) in [7, 11) is 4.38. The summed E-state index contributed by atoms with van der Waals surface area (Å²) < 4.78 is 0. The molecule has 1 fully saturated rings. The van der Waals surface area contributed by atoms with Gasteiger partial charge in [-0.15, -0.1) is 0 Å². The Morgan fingerprint density at radius 3 is 2.67 bits per heavy atom. The Bertz CT molecular complexity index is 259. The van der Waals surface area contributed by atoms with Gasteiger partial charge >= 0.3 is 0 Å². The highest BCUT2D eigenvalue weighted by Crippen LogP contribution is 2.35. The first-order valence-corrected chi connectivity index (χ1v) is 6.63. The van der Waals surface area contributed by atoms with E-state index in [1.54, 1.807) is 0 Å². The van der Waals surface area contributed by atoms with E-state index in [9.17, 15) is 0 Å². The monoisotopic (exact) mass is 227 g/mol. The maximum Gasteiger partial charge on any atom is 0.156 e. The van der Waals surface area contributed by atoms with Gasteiger partial charge in [-0.05, 0) is 33.4 Å². The smallest absolute Gasteiger partial charge is 0.156 e. The van der Waals surface area contributed by atoms with E-state index < -0.39 is 0 Å². The largest absolute Gasteiger partial charge is 0.363 e. The fourth-order valence-electron chi connectivity index (χ4n) is 2.18. The third-order valence-corrected chi connectivity index (χ3v) is 4.65. The molecule has 2 rings (SSSR count). The molecule has 15 heavy (non-hydrogen) atoms. The van der Waals surface area contributed by atoms with Crippen LogP contribution in [0.2, 0.25) is 0 Å². The zero-order valence-electron chi connectivity index (χ0n) is 9.92. The topological polar surface area (TPSA) is 27.6 Å². The van der Waals surface area contributed by atoms with E-state index in [1.165, 1.54) is 19.3 Å². The van der Waals surface area contributed by atoms with Crippen molar-refractivity contribution in [1.82, 2.24) is 10.2 Å². The van der Waals surface area contributed by atoms with Gasteiger partial charge in [0.25, 0.3) is 0 Å². The summed E-state index contributed by atoms with van der Waals surface area (Å²) in [5.74, 6) is 0. The van der Waals surface area contributed by atoms with Crippen molar-refractivity contribution in [3.05, 3.63) is 0 Å². The van der Waals surface area contributed by atoms with Gasteiger partial charge in [0.15, 0.2) is 5.17 Å². The lowest BCUT2D eigenvalue weighted by molar-refractivity contribution is 0.0651. The molecule has 0 aromatic heterocycles. The van der Waals surface area contributed by atoms with E-state index in [4.69, 9.17) is 0 Å². The average Bonchev–Trinajstić information content (AvgIpc) is 2.49. The van der Waals surface area contributed by atoms with Gasteiger partial charge < -0.3 is 10.2 Å². The summed E-state index contributed by atoms with van der Waals surface area (Å²) in [6.45, 7) is 4.26. The molecule has 1 saturated carbocycles. The number of nitrogens with one attached hydrogen (secondary N) is 1. The number of hydrogen-bond donors (Lipinski definition) is 1. The summed E-state index contributed by atoms with van der Waals surface area (Å²) >= 11 is 1.87. The van der Waals surface area contributed by atoms with Crippen LogP contribution in [0.3, 0.4) is 0 Å². The van der Waals surface area contributed by atoms with Crippen LogP contribution in [-0.2, 0) is 0 Å². The van der Waals surface area contributed by atoms with Gasteiger partial charge in [0, 0.05) is 17.3 Å². The first-order valence-electron chi connectivity index (χ1n) is 5.75. The summed E-state index contributed by atoms with van der Waals surface area (Å²) in [6.07, 6.45) is 4.01.